The highest BCUT2D eigenvalue weighted by atomic mass is 127. The summed E-state index contributed by atoms with van der Waals surface area (Å²) in [5, 5.41) is 3.36. The van der Waals surface area contributed by atoms with E-state index in [1.165, 1.54) is 27.7 Å². The molecule has 1 fully saturated rings. The van der Waals surface area contributed by atoms with Gasteiger partial charge in [0, 0.05) is 18.0 Å². The van der Waals surface area contributed by atoms with Crippen LogP contribution in [0.15, 0.2) is 24.3 Å². The number of aryl methyl sites for hydroxylation is 1. The van der Waals surface area contributed by atoms with E-state index in [4.69, 9.17) is 9.97 Å². The molecule has 1 aromatic carbocycles. The molecule has 0 amide bonds. The lowest BCUT2D eigenvalue weighted by molar-refractivity contribution is 0.972. The maximum atomic E-state index is 4.82. The fraction of sp³-hybridized carbons (Fsp3) is 0.375. The van der Waals surface area contributed by atoms with Crippen molar-refractivity contribution in [2.45, 2.75) is 32.6 Å². The Morgan fingerprint density at radius 3 is 2.50 bits per heavy atom. The highest BCUT2D eigenvalue weighted by Crippen LogP contribution is 2.42. The molecule has 0 unspecified atom stereocenters. The summed E-state index contributed by atoms with van der Waals surface area (Å²) in [6.07, 6.45) is 2.51. The molecule has 1 heterocycles. The van der Waals surface area contributed by atoms with E-state index in [1.807, 2.05) is 0 Å². The Labute approximate surface area is 133 Å². The van der Waals surface area contributed by atoms with Crippen molar-refractivity contribution in [3.05, 3.63) is 39.1 Å². The van der Waals surface area contributed by atoms with Gasteiger partial charge in [0.15, 0.2) is 5.82 Å². The van der Waals surface area contributed by atoms with Crippen LogP contribution in [-0.4, -0.2) is 16.5 Å². The van der Waals surface area contributed by atoms with Crippen LogP contribution < -0.4 is 5.32 Å². The maximum absolute atomic E-state index is 4.82. The molecule has 0 bridgehead atoms. The van der Waals surface area contributed by atoms with Gasteiger partial charge in [-0.1, -0.05) is 29.8 Å². The minimum Gasteiger partial charge on any atom is -0.369 e. The first kappa shape index (κ1) is 13.8. The Morgan fingerprint density at radius 1 is 1.20 bits per heavy atom. The zero-order valence-electron chi connectivity index (χ0n) is 11.8. The Kier molecular flexibility index (Phi) is 3.92. The second-order valence-electron chi connectivity index (χ2n) is 5.27. The molecule has 104 valence electrons. The monoisotopic (exact) mass is 379 g/mol. The zero-order valence-corrected chi connectivity index (χ0v) is 13.9. The van der Waals surface area contributed by atoms with Crippen LogP contribution in [0.4, 0.5) is 5.82 Å². The Hall–Kier alpha value is -1.17. The molecule has 20 heavy (non-hydrogen) atoms. The summed E-state index contributed by atoms with van der Waals surface area (Å²) in [5.74, 6) is 2.44. The first-order valence-electron chi connectivity index (χ1n) is 7.07. The molecule has 2 aromatic rings. The summed E-state index contributed by atoms with van der Waals surface area (Å²) in [6.45, 7) is 5.07. The highest BCUT2D eigenvalue weighted by Gasteiger charge is 2.29. The third kappa shape index (κ3) is 2.80. The van der Waals surface area contributed by atoms with Crippen LogP contribution in [0, 0.1) is 10.5 Å². The molecule has 3 nitrogen and oxygen atoms in total. The van der Waals surface area contributed by atoms with Gasteiger partial charge in [-0.15, -0.1) is 0 Å². The molecule has 0 radical (unpaired) electrons. The third-order valence-electron chi connectivity index (χ3n) is 3.49. The minimum absolute atomic E-state index is 0.631. The predicted molar refractivity (Wildman–Crippen MR) is 91.1 cm³/mol. The Morgan fingerprint density at radius 2 is 1.90 bits per heavy atom. The molecule has 1 aliphatic rings. The molecule has 1 N–H and O–H groups in total. The van der Waals surface area contributed by atoms with E-state index in [9.17, 15) is 0 Å². The van der Waals surface area contributed by atoms with Gasteiger partial charge in [0.2, 0.25) is 0 Å². The van der Waals surface area contributed by atoms with Crippen LogP contribution in [-0.2, 0) is 0 Å². The lowest BCUT2D eigenvalue weighted by atomic mass is 10.1. The van der Waals surface area contributed by atoms with Crippen LogP contribution in [0.1, 0.15) is 36.9 Å². The van der Waals surface area contributed by atoms with Crippen LogP contribution in [0.2, 0.25) is 0 Å². The van der Waals surface area contributed by atoms with Crippen molar-refractivity contribution in [2.75, 3.05) is 11.9 Å². The van der Waals surface area contributed by atoms with Gasteiger partial charge >= 0.3 is 0 Å². The van der Waals surface area contributed by atoms with E-state index in [2.05, 4.69) is 66.0 Å². The second kappa shape index (κ2) is 5.68. The lowest BCUT2D eigenvalue weighted by Gasteiger charge is -2.12. The molecule has 1 saturated carbocycles. The second-order valence-corrected chi connectivity index (χ2v) is 6.34. The minimum atomic E-state index is 0.631. The smallest absolute Gasteiger partial charge is 0.161 e. The summed E-state index contributed by atoms with van der Waals surface area (Å²) in [6, 6.07) is 8.43. The van der Waals surface area contributed by atoms with Gasteiger partial charge in [0.25, 0.3) is 0 Å². The van der Waals surface area contributed by atoms with E-state index in [0.29, 0.717) is 5.92 Å². The molecule has 1 aromatic heterocycles. The number of hydrogen-bond donors (Lipinski definition) is 1. The molecule has 3 rings (SSSR count). The van der Waals surface area contributed by atoms with Gasteiger partial charge in [-0.05, 0) is 49.3 Å². The molecular formula is C16H18IN3. The largest absolute Gasteiger partial charge is 0.369 e. The third-order valence-corrected chi connectivity index (χ3v) is 4.56. The van der Waals surface area contributed by atoms with Gasteiger partial charge in [0.1, 0.15) is 5.82 Å². The van der Waals surface area contributed by atoms with Crippen molar-refractivity contribution in [3.63, 3.8) is 0 Å². The van der Waals surface area contributed by atoms with E-state index in [-0.39, 0.29) is 0 Å². The normalized spacial score (nSPS) is 14.3. The molecular weight excluding hydrogens is 361 g/mol. The van der Waals surface area contributed by atoms with Gasteiger partial charge in [-0.3, -0.25) is 0 Å². The van der Waals surface area contributed by atoms with Crippen molar-refractivity contribution >= 4 is 28.4 Å². The number of aromatic nitrogens is 2. The van der Waals surface area contributed by atoms with Crippen molar-refractivity contribution in [2.24, 2.45) is 0 Å². The van der Waals surface area contributed by atoms with Crippen LogP contribution in [0.3, 0.4) is 0 Å². The molecule has 0 atom stereocenters. The standard InChI is InChI=1S/C16H18IN3/c1-3-18-16-13(17)14(11-8-9-11)19-15(20-16)12-6-4-10(2)5-7-12/h4-7,11H,3,8-9H2,1-2H3,(H,18,19,20). The fourth-order valence-electron chi connectivity index (χ4n) is 2.21. The molecule has 4 heteroatoms. The van der Waals surface area contributed by atoms with Gasteiger partial charge in [0.05, 0.1) is 9.26 Å². The zero-order chi connectivity index (χ0) is 14.1. The van der Waals surface area contributed by atoms with Crippen molar-refractivity contribution in [3.8, 4) is 11.4 Å². The van der Waals surface area contributed by atoms with E-state index in [1.54, 1.807) is 0 Å². The highest BCUT2D eigenvalue weighted by molar-refractivity contribution is 14.1. The van der Waals surface area contributed by atoms with E-state index in [0.717, 1.165) is 23.8 Å². The summed E-state index contributed by atoms with van der Waals surface area (Å²) in [7, 11) is 0. The number of benzene rings is 1. The number of hydrogen-bond acceptors (Lipinski definition) is 3. The summed E-state index contributed by atoms with van der Waals surface area (Å²) in [5.41, 5.74) is 3.56. The number of nitrogens with zero attached hydrogens (tertiary/aromatic N) is 2. The van der Waals surface area contributed by atoms with Crippen LogP contribution >= 0.6 is 22.6 Å². The van der Waals surface area contributed by atoms with Crippen molar-refractivity contribution in [1.29, 1.82) is 0 Å². The van der Waals surface area contributed by atoms with E-state index < -0.39 is 0 Å². The lowest BCUT2D eigenvalue weighted by Crippen LogP contribution is -2.07. The fourth-order valence-corrected chi connectivity index (χ4v) is 3.08. The Bertz CT molecular complexity index is 618. The number of rotatable bonds is 4. The van der Waals surface area contributed by atoms with Crippen LogP contribution in [0.25, 0.3) is 11.4 Å². The Balaban J connectivity index is 2.07. The summed E-state index contributed by atoms with van der Waals surface area (Å²) < 4.78 is 1.18. The maximum Gasteiger partial charge on any atom is 0.161 e. The quantitative estimate of drug-likeness (QED) is 0.802. The molecule has 0 aliphatic heterocycles. The molecule has 1 aliphatic carbocycles. The van der Waals surface area contributed by atoms with Crippen LogP contribution in [0.5, 0.6) is 0 Å². The first-order valence-corrected chi connectivity index (χ1v) is 8.15. The van der Waals surface area contributed by atoms with Gasteiger partial charge < -0.3 is 5.32 Å². The first-order chi connectivity index (χ1) is 9.69. The average Bonchev–Trinajstić information content (AvgIpc) is 3.27. The SMILES string of the molecule is CCNc1nc(-c2ccc(C)cc2)nc(C2CC2)c1I. The van der Waals surface area contributed by atoms with Crippen molar-refractivity contribution in [1.82, 2.24) is 9.97 Å². The summed E-state index contributed by atoms with van der Waals surface area (Å²) >= 11 is 2.37. The predicted octanol–water partition coefficient (Wildman–Crippen LogP) is 4.37. The topological polar surface area (TPSA) is 37.8 Å². The number of halogens is 1. The summed E-state index contributed by atoms with van der Waals surface area (Å²) in [4.78, 5) is 9.52. The van der Waals surface area contributed by atoms with Gasteiger partial charge in [-0.2, -0.15) is 0 Å². The number of anilines is 1. The van der Waals surface area contributed by atoms with E-state index >= 15 is 0 Å². The number of nitrogens with one attached hydrogen (secondary N) is 1. The average molecular weight is 379 g/mol. The van der Waals surface area contributed by atoms with Crippen molar-refractivity contribution < 1.29 is 0 Å². The molecule has 0 spiro atoms. The van der Waals surface area contributed by atoms with Gasteiger partial charge in [-0.25, -0.2) is 9.97 Å². The molecule has 0 saturated heterocycles.